The molecule has 0 N–H and O–H groups in total. The van der Waals surface area contributed by atoms with Gasteiger partial charge in [-0.15, -0.1) is 34.9 Å². The molecule has 5 heteroatoms. The predicted molar refractivity (Wildman–Crippen MR) is 133 cm³/mol. The van der Waals surface area contributed by atoms with Gasteiger partial charge in [-0.1, -0.05) is 39.8 Å². The lowest BCUT2D eigenvalue weighted by atomic mass is 10.2. The molecule has 0 radical (unpaired) electrons. The predicted octanol–water partition coefficient (Wildman–Crippen LogP) is 8.66. The minimum atomic E-state index is 0.261. The van der Waals surface area contributed by atoms with Crippen molar-refractivity contribution in [3.05, 3.63) is 43.8 Å². The van der Waals surface area contributed by atoms with Crippen LogP contribution in [0.2, 0.25) is 0 Å². The van der Waals surface area contributed by atoms with Gasteiger partial charge in [0, 0.05) is 44.4 Å². The van der Waals surface area contributed by atoms with Gasteiger partial charge in [0.15, 0.2) is 5.78 Å². The number of hydrogen-bond donors (Lipinski definition) is 0. The molecule has 0 fully saturated rings. The van der Waals surface area contributed by atoms with E-state index in [4.69, 9.17) is 0 Å². The van der Waals surface area contributed by atoms with Crippen LogP contribution in [0.4, 0.5) is 0 Å². The van der Waals surface area contributed by atoms with Gasteiger partial charge in [-0.25, -0.2) is 0 Å². The highest BCUT2D eigenvalue weighted by Crippen LogP contribution is 2.43. The highest BCUT2D eigenvalue weighted by atomic mass is 32.2. The summed E-state index contributed by atoms with van der Waals surface area (Å²) < 4.78 is 0. The molecule has 1 heterocycles. The first-order valence-corrected chi connectivity index (χ1v) is 13.3. The monoisotopic (exact) mass is 452 g/mol. The van der Waals surface area contributed by atoms with E-state index in [0.717, 1.165) is 24.2 Å². The van der Waals surface area contributed by atoms with Crippen molar-refractivity contribution >= 4 is 46.4 Å². The van der Waals surface area contributed by atoms with Crippen molar-refractivity contribution < 1.29 is 9.59 Å². The Bertz CT molecular complexity index is 715. The maximum atomic E-state index is 12.4. The summed E-state index contributed by atoms with van der Waals surface area (Å²) >= 11 is 5.32. The van der Waals surface area contributed by atoms with Crippen molar-refractivity contribution in [1.29, 1.82) is 0 Å². The summed E-state index contributed by atoms with van der Waals surface area (Å²) in [5.41, 5.74) is 0. The first kappa shape index (κ1) is 26.3. The summed E-state index contributed by atoms with van der Waals surface area (Å²) in [4.78, 5) is 29.0. The lowest BCUT2D eigenvalue weighted by Crippen LogP contribution is -2.00. The van der Waals surface area contributed by atoms with E-state index in [1.165, 1.54) is 14.7 Å². The quantitative estimate of drug-likeness (QED) is 0.264. The minimum Gasteiger partial charge on any atom is -0.299 e. The Labute approximate surface area is 190 Å². The van der Waals surface area contributed by atoms with Crippen LogP contribution >= 0.6 is 34.9 Å². The molecule has 0 saturated heterocycles. The molecule has 2 unspecified atom stereocenters. The molecule has 2 nitrogen and oxygen atoms in total. The number of Topliss-reactive ketones (excluding diaryl/α,β-unsaturated/α-hetero) is 2. The maximum absolute atomic E-state index is 12.4. The summed E-state index contributed by atoms with van der Waals surface area (Å²) in [5.74, 6) is 0.565. The van der Waals surface area contributed by atoms with E-state index < -0.39 is 0 Å². The van der Waals surface area contributed by atoms with Crippen molar-refractivity contribution in [2.75, 3.05) is 0 Å². The summed E-state index contributed by atoms with van der Waals surface area (Å²) in [5, 5.41) is 0.581. The van der Waals surface area contributed by atoms with Crippen molar-refractivity contribution in [3.63, 3.8) is 0 Å². The van der Waals surface area contributed by atoms with Gasteiger partial charge in [0.2, 0.25) is 0 Å². The zero-order valence-corrected chi connectivity index (χ0v) is 21.2. The topological polar surface area (TPSA) is 34.1 Å². The van der Waals surface area contributed by atoms with Gasteiger partial charge in [-0.3, -0.25) is 9.59 Å². The summed E-state index contributed by atoms with van der Waals surface area (Å²) in [7, 11) is 0. The standard InChI is InChI=1S/C24H36O2S3/c1-7-11-20(16-19(25)10-4)27-17(5)22-14-15-23(29-22)18(6)28-24(13-9-3)21(26)12-8-2/h11,13-15,17-18H,7-10,12,16H2,1-6H3/b20-11-,24-13-. The molecule has 0 aromatic carbocycles. The zero-order chi connectivity index (χ0) is 21.8. The lowest BCUT2D eigenvalue weighted by molar-refractivity contribution is -0.118. The first-order chi connectivity index (χ1) is 13.9. The minimum absolute atomic E-state index is 0.261. The molecule has 0 saturated carbocycles. The SMILES string of the molecule is CC/C=C(/CC(=O)CC)SC(C)c1ccc(C(C)S/C(=C\CC)C(=O)CCC)s1. The molecule has 162 valence electrons. The number of rotatable bonds is 14. The number of hydrogen-bond acceptors (Lipinski definition) is 5. The van der Waals surface area contributed by atoms with Gasteiger partial charge in [0.05, 0.1) is 0 Å². The Hall–Kier alpha value is -0.780. The van der Waals surface area contributed by atoms with Crippen LogP contribution in [0, 0.1) is 0 Å². The van der Waals surface area contributed by atoms with Crippen LogP contribution in [0.1, 0.15) is 100 Å². The number of thiophene rings is 1. The highest BCUT2D eigenvalue weighted by Gasteiger charge is 2.19. The van der Waals surface area contributed by atoms with E-state index in [2.05, 4.69) is 58.9 Å². The molecular weight excluding hydrogens is 416 g/mol. The largest absolute Gasteiger partial charge is 0.299 e. The molecule has 29 heavy (non-hydrogen) atoms. The fourth-order valence-corrected chi connectivity index (χ4v) is 6.49. The molecule has 1 aromatic rings. The summed E-state index contributed by atoms with van der Waals surface area (Å²) in [6.07, 6.45) is 8.75. The van der Waals surface area contributed by atoms with Crippen LogP contribution in [0.3, 0.4) is 0 Å². The van der Waals surface area contributed by atoms with Crippen molar-refractivity contribution in [2.24, 2.45) is 0 Å². The van der Waals surface area contributed by atoms with Crippen molar-refractivity contribution in [2.45, 2.75) is 90.6 Å². The average molecular weight is 453 g/mol. The fourth-order valence-electron chi connectivity index (χ4n) is 2.81. The lowest BCUT2D eigenvalue weighted by Gasteiger charge is -2.13. The van der Waals surface area contributed by atoms with E-state index >= 15 is 0 Å². The van der Waals surface area contributed by atoms with Crippen LogP contribution in [0.15, 0.2) is 34.1 Å². The van der Waals surface area contributed by atoms with Crippen molar-refractivity contribution in [1.82, 2.24) is 0 Å². The van der Waals surface area contributed by atoms with Gasteiger partial charge in [0.25, 0.3) is 0 Å². The van der Waals surface area contributed by atoms with Gasteiger partial charge >= 0.3 is 0 Å². The Morgan fingerprint density at radius 2 is 1.55 bits per heavy atom. The zero-order valence-electron chi connectivity index (χ0n) is 18.7. The van der Waals surface area contributed by atoms with Crippen LogP contribution in [-0.2, 0) is 9.59 Å². The second kappa shape index (κ2) is 14.3. The van der Waals surface area contributed by atoms with E-state index in [0.29, 0.717) is 30.3 Å². The normalized spacial score (nSPS) is 14.7. The van der Waals surface area contributed by atoms with Gasteiger partial charge in [-0.2, -0.15) is 0 Å². The Balaban J connectivity index is 2.83. The second-order valence-corrected chi connectivity index (χ2v) is 11.1. The molecule has 1 rings (SSSR count). The third-order valence-electron chi connectivity index (χ3n) is 4.42. The molecule has 0 bridgehead atoms. The van der Waals surface area contributed by atoms with Crippen LogP contribution in [-0.4, -0.2) is 11.6 Å². The molecule has 1 aromatic heterocycles. The Kier molecular flexibility index (Phi) is 12.9. The van der Waals surface area contributed by atoms with Crippen molar-refractivity contribution in [3.8, 4) is 0 Å². The van der Waals surface area contributed by atoms with Gasteiger partial charge in [-0.05, 0) is 50.1 Å². The number of carbonyl (C=O) groups is 2. The molecule has 0 spiro atoms. The van der Waals surface area contributed by atoms with E-state index in [9.17, 15) is 9.59 Å². The second-order valence-electron chi connectivity index (χ2n) is 7.06. The molecule has 0 aliphatic carbocycles. The van der Waals surface area contributed by atoms with Gasteiger partial charge < -0.3 is 0 Å². The van der Waals surface area contributed by atoms with Crippen LogP contribution in [0.5, 0.6) is 0 Å². The molecular formula is C24H36O2S3. The number of allylic oxidation sites excluding steroid dienone is 4. The number of ketones is 2. The molecule has 2 atom stereocenters. The van der Waals surface area contributed by atoms with E-state index in [1.54, 1.807) is 23.5 Å². The van der Waals surface area contributed by atoms with Crippen LogP contribution < -0.4 is 0 Å². The van der Waals surface area contributed by atoms with E-state index in [-0.39, 0.29) is 11.0 Å². The average Bonchev–Trinajstić information content (AvgIpc) is 3.18. The summed E-state index contributed by atoms with van der Waals surface area (Å²) in [6, 6.07) is 4.40. The summed E-state index contributed by atoms with van der Waals surface area (Å²) in [6.45, 7) is 12.6. The van der Waals surface area contributed by atoms with E-state index in [1.807, 2.05) is 18.3 Å². The maximum Gasteiger partial charge on any atom is 0.168 e. The van der Waals surface area contributed by atoms with Crippen LogP contribution in [0.25, 0.3) is 0 Å². The fraction of sp³-hybridized carbons (Fsp3) is 0.583. The number of carbonyl (C=O) groups excluding carboxylic acids is 2. The number of thioether (sulfide) groups is 2. The highest BCUT2D eigenvalue weighted by molar-refractivity contribution is 8.04. The molecule has 0 aliphatic heterocycles. The van der Waals surface area contributed by atoms with Gasteiger partial charge in [0.1, 0.15) is 5.78 Å². The first-order valence-electron chi connectivity index (χ1n) is 10.7. The third kappa shape index (κ3) is 9.27. The Morgan fingerprint density at radius 1 is 0.966 bits per heavy atom. The third-order valence-corrected chi connectivity index (χ3v) is 8.65. The smallest absolute Gasteiger partial charge is 0.168 e. The molecule has 0 aliphatic rings. The Morgan fingerprint density at radius 3 is 2.07 bits per heavy atom. The molecule has 0 amide bonds.